The molecule has 0 aromatic carbocycles. The third kappa shape index (κ3) is 9.08. The average Bonchev–Trinajstić information content (AvgIpc) is 3.39. The Hall–Kier alpha value is -0.650. The third-order valence-corrected chi connectivity index (χ3v) is 14.3. The summed E-state index contributed by atoms with van der Waals surface area (Å²) in [7, 11) is 0. The van der Waals surface area contributed by atoms with Gasteiger partial charge in [0.2, 0.25) is 0 Å². The second-order valence-electron chi connectivity index (χ2n) is 16.9. The summed E-state index contributed by atoms with van der Waals surface area (Å²) in [4.78, 5) is 10.9. The molecule has 0 aliphatic heterocycles. The van der Waals surface area contributed by atoms with Crippen LogP contribution in [0.3, 0.4) is 0 Å². The smallest absolute Gasteiger partial charge is 0.0786 e. The van der Waals surface area contributed by atoms with Gasteiger partial charge in [0.15, 0.2) is 0 Å². The first kappa shape index (κ1) is 38.8. The molecule has 5 heteroatoms. The monoisotopic (exact) mass is 634 g/mol. The van der Waals surface area contributed by atoms with E-state index < -0.39 is 5.97 Å². The molecule has 0 aromatic heterocycles. The third-order valence-electron chi connectivity index (χ3n) is 14.3. The summed E-state index contributed by atoms with van der Waals surface area (Å²) in [6, 6.07) is 0. The van der Waals surface area contributed by atoms with Crippen LogP contribution in [0.25, 0.3) is 0 Å². The minimum Gasteiger partial charge on any atom is -0.550 e. The first-order chi connectivity index (χ1) is 21.4. The number of carboxylic acid groups (broad SMARTS) is 1. The van der Waals surface area contributed by atoms with E-state index in [2.05, 4.69) is 48.5 Å². The SMILES string of the molecule is CCCC[N+](CCCC)(CCCC)CCCC.C[C@H](CCC(=O)[O-])[C@H]1CCC2C3CC[C@@H]4C[C@H](O)CC[C@]4(C)C3C[C@H](O)[C@@]21C. The first-order valence-electron chi connectivity index (χ1n) is 19.8. The molecule has 0 saturated heterocycles. The zero-order valence-corrected chi connectivity index (χ0v) is 30.8. The molecule has 10 atom stereocenters. The number of carbonyl (C=O) groups is 1. The Morgan fingerprint density at radius 2 is 1.36 bits per heavy atom. The zero-order valence-electron chi connectivity index (χ0n) is 30.8. The van der Waals surface area contributed by atoms with Gasteiger partial charge in [-0.1, -0.05) is 74.1 Å². The molecule has 2 N–H and O–H groups in total. The van der Waals surface area contributed by atoms with Gasteiger partial charge in [-0.05, 0) is 136 Å². The van der Waals surface area contributed by atoms with Crippen molar-refractivity contribution < 1.29 is 24.6 Å². The Morgan fingerprint density at radius 1 is 0.800 bits per heavy atom. The van der Waals surface area contributed by atoms with Gasteiger partial charge in [0, 0.05) is 5.97 Å². The van der Waals surface area contributed by atoms with Crippen LogP contribution in [0, 0.1) is 46.3 Å². The van der Waals surface area contributed by atoms with Gasteiger partial charge >= 0.3 is 0 Å². The van der Waals surface area contributed by atoms with Crippen LogP contribution < -0.4 is 5.11 Å². The second-order valence-corrected chi connectivity index (χ2v) is 16.9. The molecule has 4 aliphatic carbocycles. The minimum absolute atomic E-state index is 0.0795. The number of hydrogen-bond donors (Lipinski definition) is 2. The molecule has 0 bridgehead atoms. The van der Waals surface area contributed by atoms with Crippen molar-refractivity contribution in [3.05, 3.63) is 0 Å². The lowest BCUT2D eigenvalue weighted by molar-refractivity contribution is -0.929. The van der Waals surface area contributed by atoms with Crippen LogP contribution in [0.1, 0.15) is 164 Å². The number of fused-ring (bicyclic) bond motifs is 5. The minimum atomic E-state index is -0.957. The number of rotatable bonds is 16. The molecule has 5 nitrogen and oxygen atoms in total. The van der Waals surface area contributed by atoms with Gasteiger partial charge in [0.1, 0.15) is 0 Å². The van der Waals surface area contributed by atoms with Crippen molar-refractivity contribution in [2.75, 3.05) is 26.2 Å². The van der Waals surface area contributed by atoms with Crippen molar-refractivity contribution in [1.82, 2.24) is 0 Å². The fourth-order valence-corrected chi connectivity index (χ4v) is 11.4. The van der Waals surface area contributed by atoms with E-state index in [9.17, 15) is 20.1 Å². The molecule has 4 fully saturated rings. The second kappa shape index (κ2) is 17.7. The van der Waals surface area contributed by atoms with E-state index in [4.69, 9.17) is 0 Å². The van der Waals surface area contributed by atoms with Crippen molar-refractivity contribution in [2.24, 2.45) is 46.3 Å². The van der Waals surface area contributed by atoms with Crippen LogP contribution in [-0.4, -0.2) is 59.1 Å². The molecule has 264 valence electrons. The van der Waals surface area contributed by atoms with Crippen LogP contribution in [0.4, 0.5) is 0 Å². The summed E-state index contributed by atoms with van der Waals surface area (Å²) in [5, 5.41) is 32.6. The number of aliphatic hydroxyl groups is 2. The average molecular weight is 634 g/mol. The number of aliphatic hydroxyl groups excluding tert-OH is 2. The van der Waals surface area contributed by atoms with Gasteiger partial charge < -0.3 is 24.6 Å². The van der Waals surface area contributed by atoms with Crippen molar-refractivity contribution in [3.63, 3.8) is 0 Å². The van der Waals surface area contributed by atoms with Gasteiger partial charge in [0.25, 0.3) is 0 Å². The molecular formula is C40H75NO4. The first-order valence-corrected chi connectivity index (χ1v) is 19.8. The number of aliphatic carboxylic acids is 1. The summed E-state index contributed by atoms with van der Waals surface area (Å²) in [5.74, 6) is 2.19. The van der Waals surface area contributed by atoms with Crippen LogP contribution >= 0.6 is 0 Å². The molecule has 4 saturated carbocycles. The molecule has 3 unspecified atom stereocenters. The molecule has 0 spiro atoms. The standard InChI is InChI=1S/C24H40O4.C16H36N/c1-14(4-9-22(27)28)18-7-8-19-17-6-5-15-12-16(25)10-11-23(15,2)20(17)13-21(26)24(18,19)3;1-5-9-13-17(14-10-6-2,15-11-7-3)16-12-8-4/h14-21,25-26H,4-13H2,1-3H3,(H,27,28);5-16H2,1-4H3/q;+1/p-1/t14-,15-,16-,17?,18-,19?,20?,21+,23+,24-;/m1./s1. The lowest BCUT2D eigenvalue weighted by atomic mass is 9.43. The number of carboxylic acids is 1. The molecular weight excluding hydrogens is 558 g/mol. The van der Waals surface area contributed by atoms with E-state index >= 15 is 0 Å². The van der Waals surface area contributed by atoms with Crippen molar-refractivity contribution in [3.8, 4) is 0 Å². The Morgan fingerprint density at radius 3 is 1.87 bits per heavy atom. The predicted molar refractivity (Wildman–Crippen MR) is 185 cm³/mol. The highest BCUT2D eigenvalue weighted by Crippen LogP contribution is 2.68. The summed E-state index contributed by atoms with van der Waals surface area (Å²) in [5.41, 5.74) is 0.188. The lowest BCUT2D eigenvalue weighted by Crippen LogP contribution is -2.58. The summed E-state index contributed by atoms with van der Waals surface area (Å²) in [6.07, 6.45) is 20.0. The molecule has 0 heterocycles. The molecule has 4 rings (SSSR count). The normalized spacial score (nSPS) is 36.7. The van der Waals surface area contributed by atoms with E-state index in [0.29, 0.717) is 41.9 Å². The molecule has 4 aliphatic rings. The predicted octanol–water partition coefficient (Wildman–Crippen LogP) is 8.15. The van der Waals surface area contributed by atoms with Gasteiger partial charge in [-0.3, -0.25) is 0 Å². The zero-order chi connectivity index (χ0) is 33.3. The number of unbranched alkanes of at least 4 members (excludes halogenated alkanes) is 4. The van der Waals surface area contributed by atoms with Crippen LogP contribution in [-0.2, 0) is 4.79 Å². The van der Waals surface area contributed by atoms with Crippen molar-refractivity contribution >= 4 is 5.97 Å². The molecule has 0 amide bonds. The fourth-order valence-electron chi connectivity index (χ4n) is 11.4. The largest absolute Gasteiger partial charge is 0.550 e. The van der Waals surface area contributed by atoms with E-state index in [-0.39, 0.29) is 29.5 Å². The Balaban J connectivity index is 0.000000281. The topological polar surface area (TPSA) is 80.6 Å². The van der Waals surface area contributed by atoms with Gasteiger partial charge in [0.05, 0.1) is 38.4 Å². The number of nitrogens with zero attached hydrogens (tertiary/aromatic N) is 1. The van der Waals surface area contributed by atoms with Crippen molar-refractivity contribution in [1.29, 1.82) is 0 Å². The van der Waals surface area contributed by atoms with E-state index in [1.807, 2.05) is 0 Å². The van der Waals surface area contributed by atoms with Crippen LogP contribution in [0.15, 0.2) is 0 Å². The van der Waals surface area contributed by atoms with Gasteiger partial charge in [-0.15, -0.1) is 0 Å². The quantitative estimate of drug-likeness (QED) is 0.168. The van der Waals surface area contributed by atoms with Gasteiger partial charge in [-0.25, -0.2) is 0 Å². The van der Waals surface area contributed by atoms with E-state index in [0.717, 1.165) is 32.1 Å². The van der Waals surface area contributed by atoms with Crippen LogP contribution in [0.5, 0.6) is 0 Å². The summed E-state index contributed by atoms with van der Waals surface area (Å²) >= 11 is 0. The van der Waals surface area contributed by atoms with Crippen LogP contribution in [0.2, 0.25) is 0 Å². The maximum Gasteiger partial charge on any atom is 0.0786 e. The molecule has 0 aromatic rings. The Labute approximate surface area is 278 Å². The highest BCUT2D eigenvalue weighted by molar-refractivity contribution is 5.64. The summed E-state index contributed by atoms with van der Waals surface area (Å²) in [6.45, 7) is 22.0. The molecule has 45 heavy (non-hydrogen) atoms. The Bertz CT molecular complexity index is 841. The van der Waals surface area contributed by atoms with Gasteiger partial charge in [-0.2, -0.15) is 0 Å². The number of carbonyl (C=O) groups excluding carboxylic acids is 1. The maximum atomic E-state index is 11.5. The lowest BCUT2D eigenvalue weighted by Gasteiger charge is -2.62. The van der Waals surface area contributed by atoms with E-state index in [1.54, 1.807) is 0 Å². The Kier molecular flexibility index (Phi) is 15.2. The highest BCUT2D eigenvalue weighted by atomic mass is 16.4. The molecule has 0 radical (unpaired) electrons. The highest BCUT2D eigenvalue weighted by Gasteiger charge is 2.63. The maximum absolute atomic E-state index is 11.5. The summed E-state index contributed by atoms with van der Waals surface area (Å²) < 4.78 is 1.42. The number of quaternary nitrogens is 1. The fraction of sp³-hybridized carbons (Fsp3) is 0.975. The van der Waals surface area contributed by atoms with E-state index in [1.165, 1.54) is 101 Å². The number of hydrogen-bond acceptors (Lipinski definition) is 4. The van der Waals surface area contributed by atoms with Crippen molar-refractivity contribution in [2.45, 2.75) is 176 Å².